The molecule has 0 bridgehead atoms. The molecule has 168 valence electrons. The molecule has 2 aliphatic heterocycles. The molecule has 1 fully saturated rings. The van der Waals surface area contributed by atoms with Crippen LogP contribution in [-0.2, 0) is 5.54 Å². The summed E-state index contributed by atoms with van der Waals surface area (Å²) in [7, 11) is 3.24. The van der Waals surface area contributed by atoms with Gasteiger partial charge in [0.15, 0.2) is 0 Å². The molecule has 0 atom stereocenters. The highest BCUT2D eigenvalue weighted by atomic mass is 16.5. The second kappa shape index (κ2) is 7.33. The predicted molar refractivity (Wildman–Crippen MR) is 128 cm³/mol. The molecule has 7 heteroatoms. The van der Waals surface area contributed by atoms with Crippen LogP contribution in [0.5, 0.6) is 11.5 Å². The molecule has 0 aliphatic carbocycles. The van der Waals surface area contributed by atoms with Crippen LogP contribution < -0.4 is 14.8 Å². The van der Waals surface area contributed by atoms with E-state index in [-0.39, 0.29) is 11.4 Å². The van der Waals surface area contributed by atoms with Crippen LogP contribution in [0.25, 0.3) is 16.6 Å². The molecule has 33 heavy (non-hydrogen) atoms. The number of likely N-dealkylation sites (tertiary alicyclic amines) is 1. The van der Waals surface area contributed by atoms with Crippen LogP contribution in [0.15, 0.2) is 60.8 Å². The van der Waals surface area contributed by atoms with E-state index in [1.807, 2.05) is 23.1 Å². The van der Waals surface area contributed by atoms with Crippen molar-refractivity contribution in [1.82, 2.24) is 14.5 Å². The van der Waals surface area contributed by atoms with E-state index in [0.29, 0.717) is 30.3 Å². The summed E-state index contributed by atoms with van der Waals surface area (Å²) in [6.07, 6.45) is 3.81. The van der Waals surface area contributed by atoms with E-state index in [0.717, 1.165) is 29.4 Å². The topological polar surface area (TPSA) is 71.5 Å². The lowest BCUT2D eigenvalue weighted by Crippen LogP contribution is -2.51. The average Bonchev–Trinajstić information content (AvgIpc) is 3.52. The molecular weight excluding hydrogens is 416 g/mol. The summed E-state index contributed by atoms with van der Waals surface area (Å²) in [5, 5.41) is 4.68. The fraction of sp³-hybridized carbons (Fsp3) is 0.269. The van der Waals surface area contributed by atoms with Gasteiger partial charge in [-0.05, 0) is 43.2 Å². The Labute approximate surface area is 191 Å². The number of aromatic amines is 1. The number of nitrogens with zero attached hydrogens (tertiary/aromatic N) is 2. The van der Waals surface area contributed by atoms with Crippen molar-refractivity contribution >= 4 is 22.5 Å². The van der Waals surface area contributed by atoms with Gasteiger partial charge in [0, 0.05) is 42.5 Å². The number of ether oxygens (including phenoxy) is 2. The molecule has 1 amide bonds. The Kier molecular flexibility index (Phi) is 4.40. The van der Waals surface area contributed by atoms with E-state index in [1.54, 1.807) is 14.2 Å². The Balaban J connectivity index is 1.26. The standard InChI is InChI=1S/C26H26N4O3/c1-32-17-14-20-18(23(15-17)33-2)16-21(27-20)25(31)29-12-9-26(10-13-29)24-8-5-11-30(24)22-7-4-3-6-19(22)28-26/h3-8,11,14-16,27-28H,9-10,12-13H2,1-2H3. The number of aromatic nitrogens is 2. The molecule has 4 aromatic rings. The molecule has 2 aromatic carbocycles. The van der Waals surface area contributed by atoms with Crippen LogP contribution in [0.3, 0.4) is 0 Å². The number of nitrogens with one attached hydrogen (secondary N) is 2. The van der Waals surface area contributed by atoms with Gasteiger partial charge in [0.25, 0.3) is 5.91 Å². The molecule has 1 spiro atoms. The summed E-state index contributed by atoms with van der Waals surface area (Å²) in [6.45, 7) is 1.35. The van der Waals surface area contributed by atoms with Crippen molar-refractivity contribution in [2.75, 3.05) is 32.6 Å². The van der Waals surface area contributed by atoms with Gasteiger partial charge < -0.3 is 29.2 Å². The highest BCUT2D eigenvalue weighted by molar-refractivity contribution is 6.00. The lowest BCUT2D eigenvalue weighted by molar-refractivity contribution is 0.0671. The molecule has 0 radical (unpaired) electrons. The first-order chi connectivity index (χ1) is 16.1. The molecule has 2 aliphatic rings. The van der Waals surface area contributed by atoms with Crippen molar-refractivity contribution in [2.45, 2.75) is 18.4 Å². The smallest absolute Gasteiger partial charge is 0.270 e. The van der Waals surface area contributed by atoms with E-state index >= 15 is 0 Å². The zero-order valence-corrected chi connectivity index (χ0v) is 18.7. The van der Waals surface area contributed by atoms with Crippen LogP contribution >= 0.6 is 0 Å². The average molecular weight is 443 g/mol. The zero-order chi connectivity index (χ0) is 22.6. The minimum Gasteiger partial charge on any atom is -0.497 e. The molecule has 0 saturated carbocycles. The highest BCUT2D eigenvalue weighted by Gasteiger charge is 2.42. The van der Waals surface area contributed by atoms with Crippen molar-refractivity contribution in [3.8, 4) is 17.2 Å². The predicted octanol–water partition coefficient (Wildman–Crippen LogP) is 4.53. The molecule has 4 heterocycles. The van der Waals surface area contributed by atoms with E-state index in [2.05, 4.69) is 57.5 Å². The van der Waals surface area contributed by atoms with Crippen LogP contribution in [0.4, 0.5) is 5.69 Å². The largest absolute Gasteiger partial charge is 0.497 e. The fourth-order valence-electron chi connectivity index (χ4n) is 5.32. The third-order valence-electron chi connectivity index (χ3n) is 7.04. The zero-order valence-electron chi connectivity index (χ0n) is 18.7. The first kappa shape index (κ1) is 19.8. The number of methoxy groups -OCH3 is 2. The number of piperidine rings is 1. The molecular formula is C26H26N4O3. The summed E-state index contributed by atoms with van der Waals surface area (Å²) in [6, 6.07) is 18.3. The monoisotopic (exact) mass is 442 g/mol. The number of carbonyl (C=O) groups excluding carboxylic acids is 1. The van der Waals surface area contributed by atoms with E-state index in [1.165, 1.54) is 11.4 Å². The van der Waals surface area contributed by atoms with Gasteiger partial charge in [-0.2, -0.15) is 0 Å². The molecule has 6 rings (SSSR count). The van der Waals surface area contributed by atoms with Gasteiger partial charge in [-0.1, -0.05) is 12.1 Å². The summed E-state index contributed by atoms with van der Waals surface area (Å²) >= 11 is 0. The second-order valence-electron chi connectivity index (χ2n) is 8.75. The Morgan fingerprint density at radius 1 is 1.00 bits per heavy atom. The molecule has 0 unspecified atom stereocenters. The van der Waals surface area contributed by atoms with Crippen molar-refractivity contribution in [2.24, 2.45) is 0 Å². The SMILES string of the molecule is COc1cc(OC)c2cc(C(=O)N3CCC4(CC3)Nc3ccccc3-n3cccc34)[nH]c2c1. The van der Waals surface area contributed by atoms with Gasteiger partial charge in [0.05, 0.1) is 36.6 Å². The minimum atomic E-state index is -0.175. The van der Waals surface area contributed by atoms with Crippen LogP contribution in [0.2, 0.25) is 0 Å². The number of carbonyl (C=O) groups is 1. The molecule has 1 saturated heterocycles. The maximum atomic E-state index is 13.4. The molecule has 2 aromatic heterocycles. The molecule has 7 nitrogen and oxygen atoms in total. The van der Waals surface area contributed by atoms with Crippen LogP contribution in [-0.4, -0.2) is 47.7 Å². The summed E-state index contributed by atoms with van der Waals surface area (Å²) in [5.74, 6) is 1.38. The van der Waals surface area contributed by atoms with Crippen LogP contribution in [0, 0.1) is 0 Å². The maximum Gasteiger partial charge on any atom is 0.270 e. The summed E-state index contributed by atoms with van der Waals surface area (Å²) < 4.78 is 13.1. The number of hydrogen-bond donors (Lipinski definition) is 2. The normalized spacial score (nSPS) is 16.2. The van der Waals surface area contributed by atoms with E-state index in [4.69, 9.17) is 9.47 Å². The van der Waals surface area contributed by atoms with E-state index < -0.39 is 0 Å². The van der Waals surface area contributed by atoms with Crippen molar-refractivity contribution in [3.63, 3.8) is 0 Å². The number of fused-ring (bicyclic) bond motifs is 5. The Morgan fingerprint density at radius 3 is 2.61 bits per heavy atom. The lowest BCUT2D eigenvalue weighted by Gasteiger charge is -2.46. The number of H-pyrrole nitrogens is 1. The lowest BCUT2D eigenvalue weighted by atomic mass is 9.82. The number of rotatable bonds is 3. The number of amides is 1. The third-order valence-corrected chi connectivity index (χ3v) is 7.04. The van der Waals surface area contributed by atoms with Gasteiger partial charge in [-0.3, -0.25) is 4.79 Å². The van der Waals surface area contributed by atoms with Crippen molar-refractivity contribution in [3.05, 3.63) is 72.2 Å². The number of anilines is 1. The third kappa shape index (κ3) is 2.99. The maximum absolute atomic E-state index is 13.4. The van der Waals surface area contributed by atoms with Crippen LogP contribution in [0.1, 0.15) is 29.0 Å². The minimum absolute atomic E-state index is 0.00802. The van der Waals surface area contributed by atoms with E-state index in [9.17, 15) is 4.79 Å². The first-order valence-electron chi connectivity index (χ1n) is 11.2. The highest BCUT2D eigenvalue weighted by Crippen LogP contribution is 2.43. The number of para-hydroxylation sites is 2. The van der Waals surface area contributed by atoms with Gasteiger partial charge in [-0.15, -0.1) is 0 Å². The fourth-order valence-corrected chi connectivity index (χ4v) is 5.32. The van der Waals surface area contributed by atoms with Gasteiger partial charge >= 0.3 is 0 Å². The summed E-state index contributed by atoms with van der Waals surface area (Å²) in [4.78, 5) is 18.6. The first-order valence-corrected chi connectivity index (χ1v) is 11.2. The number of benzene rings is 2. The summed E-state index contributed by atoms with van der Waals surface area (Å²) in [5.41, 5.74) is 4.78. The van der Waals surface area contributed by atoms with Crippen molar-refractivity contribution < 1.29 is 14.3 Å². The number of hydrogen-bond acceptors (Lipinski definition) is 4. The molecule has 2 N–H and O–H groups in total. The van der Waals surface area contributed by atoms with Crippen molar-refractivity contribution in [1.29, 1.82) is 0 Å². The Bertz CT molecular complexity index is 1360. The quantitative estimate of drug-likeness (QED) is 0.489. The van der Waals surface area contributed by atoms with Gasteiger partial charge in [0.2, 0.25) is 0 Å². The second-order valence-corrected chi connectivity index (χ2v) is 8.75. The Morgan fingerprint density at radius 2 is 1.82 bits per heavy atom. The van der Waals surface area contributed by atoms with Gasteiger partial charge in [0.1, 0.15) is 17.2 Å². The Hall–Kier alpha value is -3.87. The van der Waals surface area contributed by atoms with Gasteiger partial charge in [-0.25, -0.2) is 0 Å².